The van der Waals surface area contributed by atoms with E-state index in [1.165, 1.54) is 31.4 Å². The molecule has 0 bridgehead atoms. The average molecular weight is 221 g/mol. The maximum Gasteiger partial charge on any atom is 0.0728 e. The minimum atomic E-state index is 0.444. The Morgan fingerprint density at radius 1 is 1.38 bits per heavy atom. The van der Waals surface area contributed by atoms with Gasteiger partial charge in [-0.15, -0.1) is 0 Å². The van der Waals surface area contributed by atoms with Crippen molar-refractivity contribution >= 4 is 5.69 Å². The van der Waals surface area contributed by atoms with E-state index in [1.54, 1.807) is 0 Å². The summed E-state index contributed by atoms with van der Waals surface area (Å²) in [6, 6.07) is 1.08. The molecule has 0 amide bonds. The van der Waals surface area contributed by atoms with Crippen molar-refractivity contribution in [2.45, 2.75) is 58.5 Å². The lowest BCUT2D eigenvalue weighted by atomic mass is 9.86. The van der Waals surface area contributed by atoms with Crippen LogP contribution in [0.4, 0.5) is 5.69 Å². The van der Waals surface area contributed by atoms with E-state index in [1.807, 2.05) is 10.9 Å². The van der Waals surface area contributed by atoms with Gasteiger partial charge in [0.2, 0.25) is 0 Å². The second kappa shape index (κ2) is 4.89. The average Bonchev–Trinajstić information content (AvgIpc) is 2.70. The van der Waals surface area contributed by atoms with Crippen molar-refractivity contribution in [3.05, 3.63) is 12.4 Å². The second-order valence-electron chi connectivity index (χ2n) is 5.32. The molecule has 16 heavy (non-hydrogen) atoms. The van der Waals surface area contributed by atoms with E-state index in [0.29, 0.717) is 12.1 Å². The molecule has 1 fully saturated rings. The van der Waals surface area contributed by atoms with E-state index in [2.05, 4.69) is 37.4 Å². The fourth-order valence-corrected chi connectivity index (χ4v) is 2.44. The van der Waals surface area contributed by atoms with Crippen molar-refractivity contribution in [3.63, 3.8) is 0 Å². The predicted octanol–water partition coefficient (Wildman–Crippen LogP) is 3.45. The number of rotatable bonds is 3. The standard InChI is InChI=1S/C13H23N3/c1-10(2)16-9-12(8-14-16)15-13-7-5-4-6-11(13)3/h8-11,13,15H,4-7H2,1-3H3. The molecule has 1 saturated carbocycles. The summed E-state index contributed by atoms with van der Waals surface area (Å²) in [4.78, 5) is 0. The summed E-state index contributed by atoms with van der Waals surface area (Å²) in [6.07, 6.45) is 9.47. The summed E-state index contributed by atoms with van der Waals surface area (Å²) >= 11 is 0. The first kappa shape index (κ1) is 11.5. The highest BCUT2D eigenvalue weighted by atomic mass is 15.3. The number of hydrogen-bond donors (Lipinski definition) is 1. The Hall–Kier alpha value is -0.990. The van der Waals surface area contributed by atoms with Crippen LogP contribution in [-0.2, 0) is 0 Å². The largest absolute Gasteiger partial charge is 0.380 e. The second-order valence-corrected chi connectivity index (χ2v) is 5.32. The van der Waals surface area contributed by atoms with E-state index >= 15 is 0 Å². The van der Waals surface area contributed by atoms with E-state index < -0.39 is 0 Å². The smallest absolute Gasteiger partial charge is 0.0728 e. The lowest BCUT2D eigenvalue weighted by Crippen LogP contribution is -2.30. The lowest BCUT2D eigenvalue weighted by molar-refractivity contribution is 0.349. The van der Waals surface area contributed by atoms with Gasteiger partial charge in [0, 0.05) is 18.3 Å². The normalized spacial score (nSPS) is 26.0. The molecule has 1 aromatic heterocycles. The van der Waals surface area contributed by atoms with Gasteiger partial charge in [0.15, 0.2) is 0 Å². The zero-order valence-corrected chi connectivity index (χ0v) is 10.6. The summed E-state index contributed by atoms with van der Waals surface area (Å²) < 4.78 is 2.01. The van der Waals surface area contributed by atoms with Gasteiger partial charge in [0.25, 0.3) is 0 Å². The quantitative estimate of drug-likeness (QED) is 0.847. The topological polar surface area (TPSA) is 29.9 Å². The van der Waals surface area contributed by atoms with Gasteiger partial charge in [0.1, 0.15) is 0 Å². The van der Waals surface area contributed by atoms with E-state index in [0.717, 1.165) is 5.92 Å². The molecule has 0 aromatic carbocycles. The van der Waals surface area contributed by atoms with Crippen LogP contribution in [0.1, 0.15) is 52.5 Å². The highest BCUT2D eigenvalue weighted by Gasteiger charge is 2.21. The monoisotopic (exact) mass is 221 g/mol. The molecule has 0 radical (unpaired) electrons. The Bertz CT molecular complexity index is 330. The Morgan fingerprint density at radius 3 is 2.75 bits per heavy atom. The Balaban J connectivity index is 1.97. The van der Waals surface area contributed by atoms with Crippen LogP contribution < -0.4 is 5.32 Å². The molecule has 2 rings (SSSR count). The summed E-state index contributed by atoms with van der Waals surface area (Å²) in [5.41, 5.74) is 1.17. The lowest BCUT2D eigenvalue weighted by Gasteiger charge is -2.29. The van der Waals surface area contributed by atoms with Crippen LogP contribution in [0, 0.1) is 5.92 Å². The molecule has 2 atom stereocenters. The van der Waals surface area contributed by atoms with Crippen molar-refractivity contribution < 1.29 is 0 Å². The van der Waals surface area contributed by atoms with Gasteiger partial charge in [0.05, 0.1) is 11.9 Å². The molecule has 90 valence electrons. The van der Waals surface area contributed by atoms with Crippen LogP contribution in [0.5, 0.6) is 0 Å². The molecule has 0 aliphatic heterocycles. The van der Waals surface area contributed by atoms with Crippen LogP contribution in [-0.4, -0.2) is 15.8 Å². The minimum Gasteiger partial charge on any atom is -0.380 e. The van der Waals surface area contributed by atoms with Gasteiger partial charge in [-0.1, -0.05) is 19.8 Å². The first-order valence-corrected chi connectivity index (χ1v) is 6.47. The van der Waals surface area contributed by atoms with E-state index in [9.17, 15) is 0 Å². The van der Waals surface area contributed by atoms with Crippen LogP contribution in [0.15, 0.2) is 12.4 Å². The zero-order chi connectivity index (χ0) is 11.5. The SMILES string of the molecule is CC1CCCCC1Nc1cnn(C(C)C)c1. The van der Waals surface area contributed by atoms with Gasteiger partial charge >= 0.3 is 0 Å². The fraction of sp³-hybridized carbons (Fsp3) is 0.769. The third-order valence-electron chi connectivity index (χ3n) is 3.59. The molecular formula is C13H23N3. The summed E-state index contributed by atoms with van der Waals surface area (Å²) in [5, 5.41) is 7.98. The highest BCUT2D eigenvalue weighted by Crippen LogP contribution is 2.26. The molecule has 1 aliphatic rings. The van der Waals surface area contributed by atoms with Crippen LogP contribution in [0.3, 0.4) is 0 Å². The molecule has 3 heteroatoms. The predicted molar refractivity (Wildman–Crippen MR) is 67.7 cm³/mol. The van der Waals surface area contributed by atoms with Crippen LogP contribution in [0.2, 0.25) is 0 Å². The van der Waals surface area contributed by atoms with Crippen LogP contribution >= 0.6 is 0 Å². The number of aromatic nitrogens is 2. The Kier molecular flexibility index (Phi) is 3.52. The van der Waals surface area contributed by atoms with Gasteiger partial charge in [-0.05, 0) is 32.6 Å². The zero-order valence-electron chi connectivity index (χ0n) is 10.6. The third kappa shape index (κ3) is 2.57. The fourth-order valence-electron chi connectivity index (χ4n) is 2.44. The Labute approximate surface area is 98.2 Å². The van der Waals surface area contributed by atoms with Crippen molar-refractivity contribution in [3.8, 4) is 0 Å². The first-order valence-electron chi connectivity index (χ1n) is 6.47. The molecule has 1 aliphatic carbocycles. The van der Waals surface area contributed by atoms with Crippen molar-refractivity contribution in [1.82, 2.24) is 9.78 Å². The molecule has 1 heterocycles. The third-order valence-corrected chi connectivity index (χ3v) is 3.59. The number of anilines is 1. The van der Waals surface area contributed by atoms with Gasteiger partial charge in [-0.3, -0.25) is 4.68 Å². The maximum atomic E-state index is 4.36. The molecule has 0 saturated heterocycles. The molecule has 3 nitrogen and oxygen atoms in total. The molecular weight excluding hydrogens is 198 g/mol. The summed E-state index contributed by atoms with van der Waals surface area (Å²) in [5.74, 6) is 0.788. The molecule has 1 aromatic rings. The Morgan fingerprint density at radius 2 is 2.12 bits per heavy atom. The van der Waals surface area contributed by atoms with Gasteiger partial charge < -0.3 is 5.32 Å². The van der Waals surface area contributed by atoms with Crippen molar-refractivity contribution in [2.24, 2.45) is 5.92 Å². The van der Waals surface area contributed by atoms with E-state index in [4.69, 9.17) is 0 Å². The van der Waals surface area contributed by atoms with Crippen LogP contribution in [0.25, 0.3) is 0 Å². The molecule has 0 spiro atoms. The van der Waals surface area contributed by atoms with Gasteiger partial charge in [-0.25, -0.2) is 0 Å². The van der Waals surface area contributed by atoms with Gasteiger partial charge in [-0.2, -0.15) is 5.10 Å². The van der Waals surface area contributed by atoms with Crippen molar-refractivity contribution in [1.29, 1.82) is 0 Å². The summed E-state index contributed by atoms with van der Waals surface area (Å²) in [7, 11) is 0. The number of hydrogen-bond acceptors (Lipinski definition) is 2. The molecule has 2 unspecified atom stereocenters. The maximum absolute atomic E-state index is 4.36. The highest BCUT2D eigenvalue weighted by molar-refractivity contribution is 5.39. The van der Waals surface area contributed by atoms with E-state index in [-0.39, 0.29) is 0 Å². The first-order chi connectivity index (χ1) is 7.66. The summed E-state index contributed by atoms with van der Waals surface area (Å²) in [6.45, 7) is 6.66. The number of nitrogens with one attached hydrogen (secondary N) is 1. The number of nitrogens with zero attached hydrogens (tertiary/aromatic N) is 2. The van der Waals surface area contributed by atoms with Crippen molar-refractivity contribution in [2.75, 3.05) is 5.32 Å². The minimum absolute atomic E-state index is 0.444. The molecule has 1 N–H and O–H groups in total.